The third-order valence-electron chi connectivity index (χ3n) is 2.87. The summed E-state index contributed by atoms with van der Waals surface area (Å²) in [5.74, 6) is -0.399. The molecule has 0 fully saturated rings. The van der Waals surface area contributed by atoms with Crippen molar-refractivity contribution in [2.45, 2.75) is 25.9 Å². The molecule has 0 aliphatic rings. The molecular weight excluding hydrogens is 288 g/mol. The van der Waals surface area contributed by atoms with Crippen molar-refractivity contribution in [1.29, 1.82) is 0 Å². The minimum Gasteiger partial charge on any atom is -0.319 e. The second kappa shape index (κ2) is 5.49. The number of nitrogens with zero attached hydrogens (tertiary/aromatic N) is 2. The lowest BCUT2D eigenvalue weighted by atomic mass is 10.0. The van der Waals surface area contributed by atoms with Crippen molar-refractivity contribution in [2.24, 2.45) is 5.73 Å². The van der Waals surface area contributed by atoms with Gasteiger partial charge < -0.3 is 5.73 Å². The maximum absolute atomic E-state index is 13.1. The second-order valence-electron chi connectivity index (χ2n) is 4.56. The Morgan fingerprint density at radius 2 is 1.95 bits per heavy atom. The smallest absolute Gasteiger partial charge is 0.124 e. The van der Waals surface area contributed by atoms with E-state index in [0.717, 1.165) is 0 Å². The number of benzene rings is 1. The highest BCUT2D eigenvalue weighted by Crippen LogP contribution is 2.32. The van der Waals surface area contributed by atoms with Gasteiger partial charge in [-0.1, -0.05) is 29.3 Å². The minimum atomic E-state index is -0.550. The molecule has 1 aromatic carbocycles. The van der Waals surface area contributed by atoms with Gasteiger partial charge in [-0.25, -0.2) is 4.39 Å². The van der Waals surface area contributed by atoms with Crippen LogP contribution in [0.25, 0.3) is 0 Å². The van der Waals surface area contributed by atoms with E-state index in [-0.39, 0.29) is 11.1 Å². The summed E-state index contributed by atoms with van der Waals surface area (Å²) in [5.41, 5.74) is 7.49. The lowest BCUT2D eigenvalue weighted by molar-refractivity contribution is 0.499. The van der Waals surface area contributed by atoms with Crippen molar-refractivity contribution >= 4 is 23.2 Å². The zero-order chi connectivity index (χ0) is 14.2. The Bertz CT molecular complexity index is 596. The van der Waals surface area contributed by atoms with Crippen LogP contribution in [0, 0.1) is 5.82 Å². The molecule has 0 aliphatic heterocycles. The molecular formula is C13H14Cl2FN3. The number of halogens is 3. The summed E-state index contributed by atoms with van der Waals surface area (Å²) in [6.07, 6.45) is 1.55. The van der Waals surface area contributed by atoms with Crippen molar-refractivity contribution in [3.8, 4) is 0 Å². The van der Waals surface area contributed by atoms with Gasteiger partial charge >= 0.3 is 0 Å². The summed E-state index contributed by atoms with van der Waals surface area (Å²) in [6.45, 7) is 3.96. The zero-order valence-corrected chi connectivity index (χ0v) is 12.1. The van der Waals surface area contributed by atoms with E-state index in [2.05, 4.69) is 5.10 Å². The highest BCUT2D eigenvalue weighted by atomic mass is 35.5. The van der Waals surface area contributed by atoms with Crippen LogP contribution in [0.2, 0.25) is 10.0 Å². The van der Waals surface area contributed by atoms with Crippen molar-refractivity contribution in [2.75, 3.05) is 0 Å². The number of rotatable bonds is 3. The van der Waals surface area contributed by atoms with Gasteiger partial charge in [-0.2, -0.15) is 5.10 Å². The third kappa shape index (κ3) is 2.76. The normalized spacial score (nSPS) is 13.0. The number of nitrogens with two attached hydrogens (primary N) is 1. The molecule has 102 valence electrons. The van der Waals surface area contributed by atoms with Gasteiger partial charge in [0.2, 0.25) is 0 Å². The van der Waals surface area contributed by atoms with E-state index in [4.69, 9.17) is 28.9 Å². The van der Waals surface area contributed by atoms with Gasteiger partial charge in [-0.3, -0.25) is 4.68 Å². The molecule has 0 spiro atoms. The van der Waals surface area contributed by atoms with E-state index in [9.17, 15) is 4.39 Å². The zero-order valence-electron chi connectivity index (χ0n) is 10.6. The fourth-order valence-corrected chi connectivity index (χ4v) is 2.49. The molecule has 19 heavy (non-hydrogen) atoms. The van der Waals surface area contributed by atoms with Crippen LogP contribution in [0.3, 0.4) is 0 Å². The summed E-state index contributed by atoms with van der Waals surface area (Å²) in [5, 5.41) is 4.95. The minimum absolute atomic E-state index is 0.118. The van der Waals surface area contributed by atoms with Crippen LogP contribution in [0.15, 0.2) is 24.4 Å². The monoisotopic (exact) mass is 301 g/mol. The first-order valence-corrected chi connectivity index (χ1v) is 6.60. The molecule has 1 heterocycles. The van der Waals surface area contributed by atoms with Crippen molar-refractivity contribution < 1.29 is 4.39 Å². The summed E-state index contributed by atoms with van der Waals surface area (Å²) in [4.78, 5) is 0. The molecule has 0 aliphatic carbocycles. The summed E-state index contributed by atoms with van der Waals surface area (Å²) in [6, 6.07) is 3.69. The molecule has 2 N–H and O–H groups in total. The molecule has 0 saturated heterocycles. The molecule has 0 amide bonds. The predicted molar refractivity (Wildman–Crippen MR) is 75.1 cm³/mol. The fourth-order valence-electron chi connectivity index (χ4n) is 1.95. The molecule has 1 aromatic heterocycles. The molecule has 0 bridgehead atoms. The lowest BCUT2D eigenvalue weighted by Gasteiger charge is -2.18. The van der Waals surface area contributed by atoms with Crippen molar-refractivity contribution in [3.05, 3.63) is 51.5 Å². The van der Waals surface area contributed by atoms with Gasteiger partial charge in [0, 0.05) is 11.1 Å². The van der Waals surface area contributed by atoms with Crippen molar-refractivity contribution in [3.63, 3.8) is 0 Å². The molecule has 2 aromatic rings. The van der Waals surface area contributed by atoms with Crippen LogP contribution in [-0.2, 0) is 0 Å². The summed E-state index contributed by atoms with van der Waals surface area (Å²) < 4.78 is 14.8. The molecule has 1 atom stereocenters. The molecule has 2 rings (SSSR count). The van der Waals surface area contributed by atoms with Gasteiger partial charge in [0.1, 0.15) is 5.82 Å². The Hall–Kier alpha value is -1.10. The number of aromatic nitrogens is 2. The van der Waals surface area contributed by atoms with E-state index in [1.165, 1.54) is 12.1 Å². The SMILES string of the molecule is CC(C)n1ncc(Cl)c1C(N)c1ccc(F)cc1Cl. The predicted octanol–water partition coefficient (Wildman–Crippen LogP) is 3.96. The highest BCUT2D eigenvalue weighted by Gasteiger charge is 2.22. The van der Waals surface area contributed by atoms with Gasteiger partial charge in [-0.05, 0) is 31.5 Å². The van der Waals surface area contributed by atoms with Crippen LogP contribution in [0.1, 0.15) is 37.2 Å². The molecule has 0 saturated carbocycles. The van der Waals surface area contributed by atoms with Crippen LogP contribution in [0.5, 0.6) is 0 Å². The van der Waals surface area contributed by atoms with E-state index in [0.29, 0.717) is 16.3 Å². The Balaban J connectivity index is 2.49. The first kappa shape index (κ1) is 14.3. The van der Waals surface area contributed by atoms with Gasteiger partial charge in [-0.15, -0.1) is 0 Å². The first-order valence-electron chi connectivity index (χ1n) is 5.85. The average molecular weight is 302 g/mol. The first-order chi connectivity index (χ1) is 8.91. The Morgan fingerprint density at radius 3 is 2.53 bits per heavy atom. The van der Waals surface area contributed by atoms with Gasteiger partial charge in [0.15, 0.2) is 0 Å². The second-order valence-corrected chi connectivity index (χ2v) is 5.37. The Morgan fingerprint density at radius 1 is 1.26 bits per heavy atom. The lowest BCUT2D eigenvalue weighted by Crippen LogP contribution is -2.19. The maximum atomic E-state index is 13.1. The number of hydrogen-bond donors (Lipinski definition) is 1. The standard InChI is InChI=1S/C13H14Cl2FN3/c1-7(2)19-13(11(15)6-18-19)12(17)9-4-3-8(16)5-10(9)14/h3-7,12H,17H2,1-2H3. The average Bonchev–Trinajstić information content (AvgIpc) is 2.70. The van der Waals surface area contributed by atoms with Gasteiger partial charge in [0.25, 0.3) is 0 Å². The van der Waals surface area contributed by atoms with Crippen LogP contribution in [-0.4, -0.2) is 9.78 Å². The largest absolute Gasteiger partial charge is 0.319 e. The van der Waals surface area contributed by atoms with E-state index >= 15 is 0 Å². The van der Waals surface area contributed by atoms with Crippen molar-refractivity contribution in [1.82, 2.24) is 9.78 Å². The molecule has 3 nitrogen and oxygen atoms in total. The van der Waals surface area contributed by atoms with Crippen LogP contribution < -0.4 is 5.73 Å². The highest BCUT2D eigenvalue weighted by molar-refractivity contribution is 6.32. The van der Waals surface area contributed by atoms with E-state index in [1.54, 1.807) is 16.9 Å². The number of hydrogen-bond acceptors (Lipinski definition) is 2. The topological polar surface area (TPSA) is 43.8 Å². The van der Waals surface area contributed by atoms with E-state index in [1.807, 2.05) is 13.8 Å². The molecule has 6 heteroatoms. The van der Waals surface area contributed by atoms with Crippen LogP contribution >= 0.6 is 23.2 Å². The quantitative estimate of drug-likeness (QED) is 0.932. The summed E-state index contributed by atoms with van der Waals surface area (Å²) >= 11 is 12.2. The maximum Gasteiger partial charge on any atom is 0.124 e. The molecule has 1 unspecified atom stereocenters. The Kier molecular flexibility index (Phi) is 4.13. The summed E-state index contributed by atoms with van der Waals surface area (Å²) in [7, 11) is 0. The van der Waals surface area contributed by atoms with Crippen LogP contribution in [0.4, 0.5) is 4.39 Å². The van der Waals surface area contributed by atoms with Gasteiger partial charge in [0.05, 0.1) is 23.0 Å². The Labute approximate surface area is 121 Å². The third-order valence-corrected chi connectivity index (χ3v) is 3.49. The fraction of sp³-hybridized carbons (Fsp3) is 0.308. The molecule has 0 radical (unpaired) electrons. The van der Waals surface area contributed by atoms with E-state index < -0.39 is 11.9 Å².